The van der Waals surface area contributed by atoms with E-state index in [4.69, 9.17) is 10.2 Å². The number of pyridine rings is 1. The number of aliphatic hydroxyl groups excluding tert-OH is 2. The number of aliphatic hydroxyl groups is 2. The lowest BCUT2D eigenvalue weighted by molar-refractivity contribution is -0.391. The van der Waals surface area contributed by atoms with Crippen LogP contribution in [0.15, 0.2) is 18.3 Å². The fraction of sp³-hybridized carbons (Fsp3) is 0.250. The maximum absolute atomic E-state index is 10.5. The van der Waals surface area contributed by atoms with Gasteiger partial charge in [0.1, 0.15) is 12.3 Å². The normalized spacial score (nSPS) is 14.1. The van der Waals surface area contributed by atoms with Crippen LogP contribution in [0.25, 0.3) is 0 Å². The van der Waals surface area contributed by atoms with Gasteiger partial charge in [-0.05, 0) is 22.0 Å². The Morgan fingerprint density at radius 3 is 2.62 bits per heavy atom. The van der Waals surface area contributed by atoms with Gasteiger partial charge in [-0.15, -0.1) is 0 Å². The van der Waals surface area contributed by atoms with Gasteiger partial charge in [-0.1, -0.05) is 0 Å². The van der Waals surface area contributed by atoms with E-state index >= 15 is 0 Å². The molecule has 0 spiro atoms. The maximum Gasteiger partial charge on any atom is 0.369 e. The lowest BCUT2D eigenvalue weighted by Gasteiger charge is -2.13. The summed E-state index contributed by atoms with van der Waals surface area (Å²) in [5.41, 5.74) is -0.345. The molecule has 0 saturated carbocycles. The van der Waals surface area contributed by atoms with Crippen LogP contribution in [-0.4, -0.2) is 37.3 Å². The van der Waals surface area contributed by atoms with Gasteiger partial charge >= 0.3 is 11.8 Å². The SMILES string of the molecule is O=C(O)C(O)C(O)c1cccnc1[N+](=O)[O-]. The number of rotatable bonds is 4. The van der Waals surface area contributed by atoms with E-state index in [-0.39, 0.29) is 5.56 Å². The molecule has 3 N–H and O–H groups in total. The Labute approximate surface area is 88.9 Å². The molecule has 0 aromatic carbocycles. The minimum absolute atomic E-state index is 0.345. The summed E-state index contributed by atoms with van der Waals surface area (Å²) in [7, 11) is 0. The molecule has 1 aromatic heterocycles. The van der Waals surface area contributed by atoms with E-state index in [1.807, 2.05) is 0 Å². The molecule has 1 heterocycles. The topological polar surface area (TPSA) is 134 Å². The average molecular weight is 228 g/mol. The van der Waals surface area contributed by atoms with E-state index in [1.165, 1.54) is 6.07 Å². The molecule has 0 radical (unpaired) electrons. The number of hydrogen-bond donors (Lipinski definition) is 3. The Morgan fingerprint density at radius 1 is 1.50 bits per heavy atom. The summed E-state index contributed by atoms with van der Waals surface area (Å²) < 4.78 is 0. The summed E-state index contributed by atoms with van der Waals surface area (Å²) in [5, 5.41) is 37.4. The Morgan fingerprint density at radius 2 is 2.12 bits per heavy atom. The molecule has 8 nitrogen and oxygen atoms in total. The third kappa shape index (κ3) is 2.30. The van der Waals surface area contributed by atoms with Crippen LogP contribution < -0.4 is 0 Å². The van der Waals surface area contributed by atoms with E-state index in [0.29, 0.717) is 0 Å². The number of nitro groups is 1. The number of carboxylic acid groups (broad SMARTS) is 1. The van der Waals surface area contributed by atoms with Gasteiger partial charge < -0.3 is 25.4 Å². The molecule has 0 aliphatic carbocycles. The molecular formula is C8H8N2O6. The van der Waals surface area contributed by atoms with Crippen molar-refractivity contribution in [1.82, 2.24) is 4.98 Å². The van der Waals surface area contributed by atoms with Crippen LogP contribution in [0.1, 0.15) is 11.7 Å². The second-order valence-corrected chi connectivity index (χ2v) is 2.90. The van der Waals surface area contributed by atoms with Gasteiger partial charge in [-0.2, -0.15) is 0 Å². The summed E-state index contributed by atoms with van der Waals surface area (Å²) in [6, 6.07) is 2.42. The Balaban J connectivity index is 3.12. The Kier molecular flexibility index (Phi) is 3.48. The van der Waals surface area contributed by atoms with E-state index in [1.54, 1.807) is 0 Å². The van der Waals surface area contributed by atoms with Gasteiger partial charge in [0.25, 0.3) is 0 Å². The van der Waals surface area contributed by atoms with Crippen molar-refractivity contribution in [2.24, 2.45) is 0 Å². The number of carboxylic acids is 1. The number of nitrogens with zero attached hydrogens (tertiary/aromatic N) is 2. The first-order valence-electron chi connectivity index (χ1n) is 4.13. The highest BCUT2D eigenvalue weighted by atomic mass is 16.6. The molecule has 2 unspecified atom stereocenters. The lowest BCUT2D eigenvalue weighted by Crippen LogP contribution is -2.28. The van der Waals surface area contributed by atoms with Gasteiger partial charge in [0.05, 0.1) is 5.56 Å². The highest BCUT2D eigenvalue weighted by molar-refractivity contribution is 5.73. The summed E-state index contributed by atoms with van der Waals surface area (Å²) in [6.45, 7) is 0. The molecule has 0 bridgehead atoms. The second-order valence-electron chi connectivity index (χ2n) is 2.90. The van der Waals surface area contributed by atoms with Crippen LogP contribution in [0, 0.1) is 10.1 Å². The first kappa shape index (κ1) is 12.0. The molecule has 0 aliphatic rings. The van der Waals surface area contributed by atoms with E-state index in [2.05, 4.69) is 4.98 Å². The van der Waals surface area contributed by atoms with Crippen LogP contribution in [0.5, 0.6) is 0 Å². The second kappa shape index (κ2) is 4.64. The molecular weight excluding hydrogens is 220 g/mol. The zero-order valence-corrected chi connectivity index (χ0v) is 7.85. The fourth-order valence-corrected chi connectivity index (χ4v) is 1.10. The van der Waals surface area contributed by atoms with Gasteiger partial charge in [0, 0.05) is 0 Å². The average Bonchev–Trinajstić information content (AvgIpc) is 2.26. The summed E-state index contributed by atoms with van der Waals surface area (Å²) in [4.78, 5) is 23.4. The number of hydrogen-bond acceptors (Lipinski definition) is 6. The van der Waals surface area contributed by atoms with Crippen LogP contribution in [0.4, 0.5) is 5.82 Å². The zero-order valence-electron chi connectivity index (χ0n) is 7.85. The highest BCUT2D eigenvalue weighted by Crippen LogP contribution is 2.24. The molecule has 86 valence electrons. The van der Waals surface area contributed by atoms with Gasteiger partial charge in [-0.3, -0.25) is 0 Å². The molecule has 0 aliphatic heterocycles. The van der Waals surface area contributed by atoms with Crippen molar-refractivity contribution in [1.29, 1.82) is 0 Å². The standard InChI is InChI=1S/C8H8N2O6/c11-5(6(12)8(13)14)4-2-1-3-9-7(4)10(15)16/h1-3,5-6,11-12H,(H,13,14). The first-order chi connectivity index (χ1) is 7.45. The van der Waals surface area contributed by atoms with E-state index < -0.39 is 28.9 Å². The zero-order chi connectivity index (χ0) is 12.3. The maximum atomic E-state index is 10.5. The predicted molar refractivity (Wildman–Crippen MR) is 49.5 cm³/mol. The molecule has 0 amide bonds. The number of aromatic nitrogens is 1. The van der Waals surface area contributed by atoms with E-state index in [0.717, 1.165) is 12.3 Å². The van der Waals surface area contributed by atoms with Gasteiger partial charge in [0.2, 0.25) is 0 Å². The lowest BCUT2D eigenvalue weighted by atomic mass is 10.1. The monoisotopic (exact) mass is 228 g/mol. The smallest absolute Gasteiger partial charge is 0.369 e. The van der Waals surface area contributed by atoms with Crippen molar-refractivity contribution in [3.8, 4) is 0 Å². The Bertz CT molecular complexity index is 421. The molecule has 1 aromatic rings. The number of carbonyl (C=O) groups is 1. The van der Waals surface area contributed by atoms with Crippen molar-refractivity contribution in [3.63, 3.8) is 0 Å². The van der Waals surface area contributed by atoms with Crippen LogP contribution in [-0.2, 0) is 4.79 Å². The molecule has 16 heavy (non-hydrogen) atoms. The van der Waals surface area contributed by atoms with Gasteiger partial charge in [-0.25, -0.2) is 4.79 Å². The molecule has 2 atom stereocenters. The minimum Gasteiger partial charge on any atom is -0.479 e. The van der Waals surface area contributed by atoms with Crippen LogP contribution in [0.2, 0.25) is 0 Å². The van der Waals surface area contributed by atoms with Crippen molar-refractivity contribution >= 4 is 11.8 Å². The van der Waals surface area contributed by atoms with Crippen molar-refractivity contribution in [2.75, 3.05) is 0 Å². The highest BCUT2D eigenvalue weighted by Gasteiger charge is 2.31. The van der Waals surface area contributed by atoms with E-state index in [9.17, 15) is 20.0 Å². The summed E-state index contributed by atoms with van der Waals surface area (Å²) in [5.74, 6) is -2.36. The third-order valence-corrected chi connectivity index (χ3v) is 1.86. The fourth-order valence-electron chi connectivity index (χ4n) is 1.10. The molecule has 1 rings (SSSR count). The van der Waals surface area contributed by atoms with Crippen LogP contribution >= 0.6 is 0 Å². The minimum atomic E-state index is -2.14. The van der Waals surface area contributed by atoms with Crippen LogP contribution in [0.3, 0.4) is 0 Å². The van der Waals surface area contributed by atoms with Crippen molar-refractivity contribution < 1.29 is 25.0 Å². The third-order valence-electron chi connectivity index (χ3n) is 1.86. The number of aliphatic carboxylic acids is 1. The molecule has 0 saturated heterocycles. The first-order valence-corrected chi connectivity index (χ1v) is 4.13. The summed E-state index contributed by atoms with van der Waals surface area (Å²) >= 11 is 0. The van der Waals surface area contributed by atoms with Gasteiger partial charge in [0.15, 0.2) is 6.10 Å². The molecule has 0 fully saturated rings. The quantitative estimate of drug-likeness (QED) is 0.465. The summed E-state index contributed by atoms with van der Waals surface area (Å²) in [6.07, 6.45) is -2.91. The Hall–Kier alpha value is -2.06. The molecule has 8 heteroatoms. The predicted octanol–water partition coefficient (Wildman–Crippen LogP) is -0.531. The van der Waals surface area contributed by atoms with Crippen molar-refractivity contribution in [2.45, 2.75) is 12.2 Å². The largest absolute Gasteiger partial charge is 0.479 e. The van der Waals surface area contributed by atoms with Crippen molar-refractivity contribution in [3.05, 3.63) is 34.0 Å².